The van der Waals surface area contributed by atoms with E-state index < -0.39 is 41.6 Å². The highest BCUT2D eigenvalue weighted by Crippen LogP contribution is 2.53. The molecule has 1 amide bonds. The fourth-order valence-corrected chi connectivity index (χ4v) is 14.2. The number of carbonyl (C=O) groups excluding carboxylic acids is 1. The molecule has 3 saturated heterocycles. The minimum atomic E-state index is -4.79. The molecule has 372 valence electrons. The van der Waals surface area contributed by atoms with Crippen LogP contribution in [0, 0.1) is 21.4 Å². The zero-order valence-electron chi connectivity index (χ0n) is 39.4. The third-order valence-electron chi connectivity index (χ3n) is 14.9. The average Bonchev–Trinajstić information content (AvgIpc) is 3.81. The number of anilines is 1. The number of morpholine rings is 1. The second-order valence-corrected chi connectivity index (χ2v) is 24.7. The largest absolute Gasteiger partial charge is 0.475 e. The summed E-state index contributed by atoms with van der Waals surface area (Å²) in [6.45, 7) is 9.34. The van der Waals surface area contributed by atoms with Crippen LogP contribution in [-0.4, -0.2) is 122 Å². The predicted molar refractivity (Wildman–Crippen MR) is 265 cm³/mol. The highest BCUT2D eigenvalue weighted by atomic mass is 32.2. The maximum atomic E-state index is 14.1. The number of fused-ring (bicyclic) bond motifs is 2. The van der Waals surface area contributed by atoms with E-state index in [-0.39, 0.29) is 51.3 Å². The van der Waals surface area contributed by atoms with Crippen molar-refractivity contribution in [3.63, 3.8) is 0 Å². The summed E-state index contributed by atoms with van der Waals surface area (Å²) < 4.78 is 73.7. The molecule has 1 spiro atoms. The summed E-state index contributed by atoms with van der Waals surface area (Å²) in [6.07, 6.45) is 10.6. The third kappa shape index (κ3) is 9.97. The SMILES string of the molecule is CC(C)c1ccccc1[C@@H]1COCCN1C1CC2(CCN(c3ccc(C(=O)NS(=O)(=O)c4cc([N+](=O)[O-])c5c(n4)OC[C@H](CC4CCN(S(C)(=O)=O)CC4)S5)c(Oc4cnc5[nH]ccc5c4)c3)CC2)C1. The van der Waals surface area contributed by atoms with Crippen LogP contribution in [0.5, 0.6) is 17.4 Å². The Bertz CT molecular complexity index is 3020. The van der Waals surface area contributed by atoms with Crippen LogP contribution >= 0.6 is 11.8 Å². The Labute approximate surface area is 412 Å². The van der Waals surface area contributed by atoms with Crippen LogP contribution < -0.4 is 19.1 Å². The number of thioether (sulfide) groups is 1. The van der Waals surface area contributed by atoms with Gasteiger partial charge in [0.15, 0.2) is 5.03 Å². The fraction of sp³-hybridized carbons (Fsp3) is 0.490. The Hall–Kier alpha value is -5.32. The predicted octanol–water partition coefficient (Wildman–Crippen LogP) is 7.64. The molecule has 1 aliphatic carbocycles. The van der Waals surface area contributed by atoms with Crippen LogP contribution in [-0.2, 0) is 24.8 Å². The molecular formula is C49H58N8O10S3. The molecule has 21 heteroatoms. The summed E-state index contributed by atoms with van der Waals surface area (Å²) >= 11 is 1.19. The smallest absolute Gasteiger partial charge is 0.291 e. The molecule has 18 nitrogen and oxygen atoms in total. The molecule has 4 aliphatic heterocycles. The normalized spacial score (nSPS) is 21.6. The van der Waals surface area contributed by atoms with Gasteiger partial charge in [0.2, 0.25) is 15.9 Å². The molecule has 5 aromatic rings. The van der Waals surface area contributed by atoms with Crippen molar-refractivity contribution in [3.05, 3.63) is 99.9 Å². The minimum Gasteiger partial charge on any atom is -0.475 e. The molecule has 3 aromatic heterocycles. The van der Waals surface area contributed by atoms with Crippen molar-refractivity contribution in [2.24, 2.45) is 11.3 Å². The second kappa shape index (κ2) is 19.4. The first-order valence-electron chi connectivity index (χ1n) is 24.0. The van der Waals surface area contributed by atoms with Gasteiger partial charge in [0.25, 0.3) is 21.6 Å². The number of ether oxygens (including phenoxy) is 3. The van der Waals surface area contributed by atoms with Crippen LogP contribution in [0.1, 0.15) is 92.2 Å². The number of hydrogen-bond acceptors (Lipinski definition) is 15. The maximum Gasteiger partial charge on any atom is 0.291 e. The van der Waals surface area contributed by atoms with Crippen molar-refractivity contribution in [1.82, 2.24) is 28.9 Å². The minimum absolute atomic E-state index is 0.0830. The van der Waals surface area contributed by atoms with Crippen LogP contribution in [0.2, 0.25) is 0 Å². The Kier molecular flexibility index (Phi) is 13.4. The molecule has 0 radical (unpaired) electrons. The molecule has 70 heavy (non-hydrogen) atoms. The lowest BCUT2D eigenvalue weighted by atomic mass is 9.59. The number of H-pyrrole nitrogens is 1. The number of carbonyl (C=O) groups is 1. The lowest BCUT2D eigenvalue weighted by molar-refractivity contribution is -0.388. The van der Waals surface area contributed by atoms with E-state index in [4.69, 9.17) is 14.2 Å². The molecule has 2 atom stereocenters. The number of piperidine rings is 2. The van der Waals surface area contributed by atoms with Crippen LogP contribution in [0.4, 0.5) is 11.4 Å². The van der Waals surface area contributed by atoms with E-state index in [0.717, 1.165) is 69.1 Å². The summed E-state index contributed by atoms with van der Waals surface area (Å²) in [7, 11) is -8.08. The molecular weight excluding hydrogens is 957 g/mol. The first-order valence-corrected chi connectivity index (χ1v) is 28.2. The zero-order valence-corrected chi connectivity index (χ0v) is 41.9. The summed E-state index contributed by atoms with van der Waals surface area (Å²) in [5.41, 5.74) is 3.84. The van der Waals surface area contributed by atoms with Crippen molar-refractivity contribution >= 4 is 60.1 Å². The number of sulfonamides is 2. The highest BCUT2D eigenvalue weighted by Gasteiger charge is 2.50. The van der Waals surface area contributed by atoms with Crippen molar-refractivity contribution in [1.29, 1.82) is 0 Å². The van der Waals surface area contributed by atoms with Gasteiger partial charge in [0.05, 0.1) is 48.3 Å². The van der Waals surface area contributed by atoms with Gasteiger partial charge in [-0.25, -0.2) is 22.4 Å². The van der Waals surface area contributed by atoms with E-state index in [0.29, 0.717) is 62.3 Å². The molecule has 5 aliphatic rings. The molecule has 4 fully saturated rings. The van der Waals surface area contributed by atoms with Gasteiger partial charge in [0, 0.05) is 67.4 Å². The summed E-state index contributed by atoms with van der Waals surface area (Å²) in [5.74, 6) is -0.202. The molecule has 0 unspecified atom stereocenters. The Morgan fingerprint density at radius 2 is 1.79 bits per heavy atom. The standard InChI is InChI=1S/C49H58N8O10S3/c1-31(2)38-6-4-5-7-39(38)42-30-65-21-20-56(42)35-26-49(27-35)13-18-54(19-14-49)34-8-9-40(43(24-34)67-36-23-33-10-15-50-46(33)51-28-36)47(58)53-70(63,64)44-25-41(57(59)60)45-48(52-44)66-29-37(68-45)22-32-11-16-55(17-12-32)69(3,61)62/h4-10,15,23-25,28,31-32,35,37,42H,11-14,16-22,26-27,29-30H2,1-3H3,(H,50,51)(H,53,58)/t37-,42-/m0/s1. The van der Waals surface area contributed by atoms with Crippen LogP contribution in [0.25, 0.3) is 11.0 Å². The van der Waals surface area contributed by atoms with Crippen molar-refractivity contribution in [3.8, 4) is 17.4 Å². The van der Waals surface area contributed by atoms with Crippen molar-refractivity contribution in [2.45, 2.75) is 92.0 Å². The monoisotopic (exact) mass is 1010 g/mol. The van der Waals surface area contributed by atoms with Crippen LogP contribution in [0.3, 0.4) is 0 Å². The van der Waals surface area contributed by atoms with Crippen molar-refractivity contribution in [2.75, 3.05) is 63.7 Å². The lowest BCUT2D eigenvalue weighted by Crippen LogP contribution is -2.58. The molecule has 0 bridgehead atoms. The number of nitrogens with one attached hydrogen (secondary N) is 2. The molecule has 1 saturated carbocycles. The molecule has 7 heterocycles. The number of aromatic nitrogens is 3. The number of nitrogens with zero attached hydrogens (tertiary/aromatic N) is 6. The Balaban J connectivity index is 0.839. The van der Waals surface area contributed by atoms with E-state index >= 15 is 0 Å². The second-order valence-electron chi connectivity index (χ2n) is 19.7. The van der Waals surface area contributed by atoms with Crippen LogP contribution in [0.15, 0.2) is 83.0 Å². The first-order chi connectivity index (χ1) is 33.5. The molecule has 10 rings (SSSR count). The third-order valence-corrected chi connectivity index (χ3v) is 18.7. The van der Waals surface area contributed by atoms with Gasteiger partial charge < -0.3 is 24.1 Å². The number of rotatable bonds is 13. The topological polar surface area (TPSA) is 219 Å². The van der Waals surface area contributed by atoms with Gasteiger partial charge in [-0.3, -0.25) is 19.8 Å². The van der Waals surface area contributed by atoms with Gasteiger partial charge in [0.1, 0.15) is 28.6 Å². The quantitative estimate of drug-likeness (QED) is 0.0855. The van der Waals surface area contributed by atoms with Gasteiger partial charge in [-0.15, -0.1) is 11.8 Å². The number of benzene rings is 2. The highest BCUT2D eigenvalue weighted by molar-refractivity contribution is 8.00. The summed E-state index contributed by atoms with van der Waals surface area (Å²) in [4.78, 5) is 42.6. The Morgan fingerprint density at radius 3 is 2.53 bits per heavy atom. The van der Waals surface area contributed by atoms with E-state index in [9.17, 15) is 31.7 Å². The van der Waals surface area contributed by atoms with Crippen molar-refractivity contribution < 1.29 is 40.8 Å². The number of pyridine rings is 2. The number of aromatic amines is 1. The fourth-order valence-electron chi connectivity index (χ4n) is 11.1. The Morgan fingerprint density at radius 1 is 1.01 bits per heavy atom. The number of nitro groups is 1. The van der Waals surface area contributed by atoms with Gasteiger partial charge in [-0.2, -0.15) is 13.4 Å². The molecule has 2 aromatic carbocycles. The van der Waals surface area contributed by atoms with Gasteiger partial charge in [-0.05, 0) is 97.6 Å². The number of hydrogen-bond donors (Lipinski definition) is 2. The molecule has 2 N–H and O–H groups in total. The average molecular weight is 1020 g/mol. The van der Waals surface area contributed by atoms with E-state index in [1.54, 1.807) is 24.4 Å². The lowest BCUT2D eigenvalue weighted by Gasteiger charge is -2.57. The zero-order chi connectivity index (χ0) is 49.0. The van der Waals surface area contributed by atoms with E-state index in [2.05, 4.69) is 67.6 Å². The summed E-state index contributed by atoms with van der Waals surface area (Å²) in [5, 5.41) is 12.2. The van der Waals surface area contributed by atoms with E-state index in [1.165, 1.54) is 45.7 Å². The maximum absolute atomic E-state index is 14.1. The van der Waals surface area contributed by atoms with Gasteiger partial charge in [-0.1, -0.05) is 38.1 Å². The first kappa shape index (κ1) is 48.3. The van der Waals surface area contributed by atoms with Gasteiger partial charge >= 0.3 is 0 Å². The van der Waals surface area contributed by atoms with E-state index in [1.807, 2.05) is 6.07 Å². The summed E-state index contributed by atoms with van der Waals surface area (Å²) in [6, 6.07) is 19.0. The number of amides is 1.